The van der Waals surface area contributed by atoms with Gasteiger partial charge in [0.1, 0.15) is 0 Å². The molecule has 8 aromatic carbocycles. The van der Waals surface area contributed by atoms with E-state index in [0.717, 1.165) is 39.8 Å². The van der Waals surface area contributed by atoms with Crippen LogP contribution < -0.4 is 0 Å². The second-order valence-corrected chi connectivity index (χ2v) is 17.4. The maximum absolute atomic E-state index is 5.09. The van der Waals surface area contributed by atoms with Gasteiger partial charge in [-0.25, -0.2) is 4.98 Å². The number of hydrogen-bond donors (Lipinski definition) is 0. The summed E-state index contributed by atoms with van der Waals surface area (Å²) in [6.07, 6.45) is 9.89. The van der Waals surface area contributed by atoms with E-state index in [4.69, 9.17) is 4.98 Å². The Labute approximate surface area is 361 Å². The fourth-order valence-corrected chi connectivity index (χ4v) is 11.5. The first-order chi connectivity index (χ1) is 30.6. The van der Waals surface area contributed by atoms with Gasteiger partial charge in [-0.15, -0.1) is 0 Å². The van der Waals surface area contributed by atoms with Gasteiger partial charge in [0.15, 0.2) is 0 Å². The first kappa shape index (κ1) is 35.1. The number of benzene rings is 8. The summed E-state index contributed by atoms with van der Waals surface area (Å²) in [6.45, 7) is 2.46. The van der Waals surface area contributed by atoms with Crippen molar-refractivity contribution in [1.82, 2.24) is 9.97 Å². The Kier molecular flexibility index (Phi) is 7.45. The minimum Gasteiger partial charge on any atom is -0.255 e. The zero-order valence-electron chi connectivity index (χ0n) is 34.3. The van der Waals surface area contributed by atoms with E-state index in [1.165, 1.54) is 82.8 Å². The lowest BCUT2D eigenvalue weighted by Gasteiger charge is -2.37. The van der Waals surface area contributed by atoms with Crippen LogP contribution in [0.5, 0.6) is 0 Å². The smallest absolute Gasteiger partial charge is 0.0900 e. The molecule has 0 saturated heterocycles. The number of pyridine rings is 2. The molecule has 2 unspecified atom stereocenters. The van der Waals surface area contributed by atoms with E-state index in [1.807, 2.05) is 24.4 Å². The lowest BCUT2D eigenvalue weighted by atomic mass is 9.65. The Bertz CT molecular complexity index is 3560. The molecule has 10 aromatic rings. The SMILES string of the molecule is CC12CC=CC=C1C1(c3ccccc3-c3c(-c4ccc5c(ccc6cc(-c7ccc8nc(-c9ccccn9)cc(-c9ccccc9)c8c7)ccc65)c4)cccc31)c1ccccc12. The first-order valence-electron chi connectivity index (χ1n) is 21.7. The predicted molar refractivity (Wildman–Crippen MR) is 257 cm³/mol. The van der Waals surface area contributed by atoms with Crippen molar-refractivity contribution in [3.8, 4) is 55.9 Å². The topological polar surface area (TPSA) is 25.8 Å². The van der Waals surface area contributed by atoms with Gasteiger partial charge >= 0.3 is 0 Å². The Balaban J connectivity index is 0.919. The zero-order chi connectivity index (χ0) is 41.0. The van der Waals surface area contributed by atoms with Gasteiger partial charge in [-0.05, 0) is 143 Å². The summed E-state index contributed by atoms with van der Waals surface area (Å²) in [4.78, 5) is 9.71. The van der Waals surface area contributed by atoms with Crippen LogP contribution in [0, 0.1) is 0 Å². The minimum absolute atomic E-state index is 0.0545. The van der Waals surface area contributed by atoms with E-state index in [1.54, 1.807) is 0 Å². The van der Waals surface area contributed by atoms with Gasteiger partial charge in [-0.1, -0.05) is 171 Å². The van der Waals surface area contributed by atoms with Crippen LogP contribution in [0.15, 0.2) is 218 Å². The van der Waals surface area contributed by atoms with Crippen molar-refractivity contribution in [2.24, 2.45) is 0 Å². The van der Waals surface area contributed by atoms with Gasteiger partial charge in [0.25, 0.3) is 0 Å². The molecule has 62 heavy (non-hydrogen) atoms. The number of hydrogen-bond acceptors (Lipinski definition) is 2. The molecular formula is C60H40N2. The summed E-state index contributed by atoms with van der Waals surface area (Å²) in [7, 11) is 0. The molecular weight excluding hydrogens is 749 g/mol. The molecule has 290 valence electrons. The normalized spacial score (nSPS) is 18.2. The molecule has 13 rings (SSSR count). The Morgan fingerprint density at radius 1 is 0.452 bits per heavy atom. The number of fused-ring (bicyclic) bond motifs is 14. The lowest BCUT2D eigenvalue weighted by molar-refractivity contribution is 0.544. The van der Waals surface area contributed by atoms with E-state index < -0.39 is 0 Å². The van der Waals surface area contributed by atoms with Crippen molar-refractivity contribution < 1.29 is 0 Å². The summed E-state index contributed by atoms with van der Waals surface area (Å²) in [5.74, 6) is 0. The van der Waals surface area contributed by atoms with Crippen LogP contribution in [0.25, 0.3) is 88.3 Å². The number of nitrogens with zero attached hydrogens (tertiary/aromatic N) is 2. The van der Waals surface area contributed by atoms with Crippen molar-refractivity contribution in [3.63, 3.8) is 0 Å². The maximum atomic E-state index is 5.09. The monoisotopic (exact) mass is 788 g/mol. The Hall–Kier alpha value is -7.68. The molecule has 2 heterocycles. The first-order valence-corrected chi connectivity index (χ1v) is 21.7. The van der Waals surface area contributed by atoms with Crippen LogP contribution in [0.3, 0.4) is 0 Å². The average molecular weight is 789 g/mol. The van der Waals surface area contributed by atoms with Crippen molar-refractivity contribution in [1.29, 1.82) is 0 Å². The van der Waals surface area contributed by atoms with Gasteiger partial charge in [0.2, 0.25) is 0 Å². The molecule has 2 nitrogen and oxygen atoms in total. The van der Waals surface area contributed by atoms with Crippen LogP contribution in [0.2, 0.25) is 0 Å². The maximum Gasteiger partial charge on any atom is 0.0900 e. The molecule has 0 fully saturated rings. The van der Waals surface area contributed by atoms with E-state index in [-0.39, 0.29) is 10.8 Å². The van der Waals surface area contributed by atoms with Crippen molar-refractivity contribution in [3.05, 3.63) is 240 Å². The minimum atomic E-state index is -0.323. The highest BCUT2D eigenvalue weighted by Crippen LogP contribution is 2.67. The van der Waals surface area contributed by atoms with E-state index in [2.05, 4.69) is 200 Å². The summed E-state index contributed by atoms with van der Waals surface area (Å²) >= 11 is 0. The average Bonchev–Trinajstić information content (AvgIpc) is 3.77. The highest BCUT2D eigenvalue weighted by atomic mass is 14.8. The number of rotatable bonds is 4. The van der Waals surface area contributed by atoms with Gasteiger partial charge in [0, 0.05) is 17.0 Å². The standard InChI is InChI=1S/C60H40N2/c1-59-32-11-9-23-57(59)60(52-20-8-7-19-51(52)59)50-18-6-5-16-47(50)58-46(17-13-21-53(58)60)43-27-30-45-42(35-43)25-24-41-34-39(26-29-44(41)45)40-28-31-54-49(36-40)48(38-14-3-2-4-15-38)37-56(62-54)55-22-10-12-33-61-55/h2-31,33-37H,32H2,1H3. The van der Waals surface area contributed by atoms with Crippen LogP contribution in [-0.4, -0.2) is 9.97 Å². The number of allylic oxidation sites excluding steroid dienone is 4. The van der Waals surface area contributed by atoms with E-state index >= 15 is 0 Å². The molecule has 0 bridgehead atoms. The third-order valence-electron chi connectivity index (χ3n) is 14.2. The van der Waals surface area contributed by atoms with E-state index in [9.17, 15) is 0 Å². The van der Waals surface area contributed by atoms with Crippen molar-refractivity contribution in [2.75, 3.05) is 0 Å². The molecule has 1 spiro atoms. The summed E-state index contributed by atoms with van der Waals surface area (Å²) in [5, 5.41) is 6.11. The fraction of sp³-hybridized carbons (Fsp3) is 0.0667. The lowest BCUT2D eigenvalue weighted by Crippen LogP contribution is -2.32. The highest BCUT2D eigenvalue weighted by Gasteiger charge is 2.59. The summed E-state index contributed by atoms with van der Waals surface area (Å²) < 4.78 is 0. The molecule has 2 heteroatoms. The van der Waals surface area contributed by atoms with Crippen LogP contribution in [0.1, 0.15) is 35.6 Å². The van der Waals surface area contributed by atoms with Crippen LogP contribution in [0.4, 0.5) is 0 Å². The molecule has 0 aliphatic heterocycles. The highest BCUT2D eigenvalue weighted by molar-refractivity contribution is 6.10. The fourth-order valence-electron chi connectivity index (χ4n) is 11.5. The molecule has 0 N–H and O–H groups in total. The van der Waals surface area contributed by atoms with Crippen molar-refractivity contribution >= 4 is 32.4 Å². The third kappa shape index (κ3) is 4.86. The number of aromatic nitrogens is 2. The quantitative estimate of drug-likeness (QED) is 0.166. The molecule has 2 aromatic heterocycles. The zero-order valence-corrected chi connectivity index (χ0v) is 34.3. The van der Waals surface area contributed by atoms with Crippen LogP contribution >= 0.6 is 0 Å². The molecule has 2 atom stereocenters. The largest absolute Gasteiger partial charge is 0.255 e. The summed E-state index contributed by atoms with van der Waals surface area (Å²) in [5.41, 5.74) is 19.4. The second kappa shape index (κ2) is 13.2. The van der Waals surface area contributed by atoms with Gasteiger partial charge in [0.05, 0.1) is 22.3 Å². The van der Waals surface area contributed by atoms with Gasteiger partial charge in [-0.2, -0.15) is 0 Å². The second-order valence-electron chi connectivity index (χ2n) is 17.4. The molecule has 3 aliphatic rings. The Morgan fingerprint density at radius 2 is 1.13 bits per heavy atom. The predicted octanol–water partition coefficient (Wildman–Crippen LogP) is 15.1. The van der Waals surface area contributed by atoms with Crippen LogP contribution in [-0.2, 0) is 10.8 Å². The van der Waals surface area contributed by atoms with Crippen molar-refractivity contribution in [2.45, 2.75) is 24.2 Å². The molecule has 0 radical (unpaired) electrons. The molecule has 0 saturated carbocycles. The molecule has 0 amide bonds. The summed E-state index contributed by atoms with van der Waals surface area (Å²) in [6, 6.07) is 69.5. The Morgan fingerprint density at radius 3 is 1.95 bits per heavy atom. The van der Waals surface area contributed by atoms with Gasteiger partial charge in [-0.3, -0.25) is 4.98 Å². The van der Waals surface area contributed by atoms with E-state index in [0.29, 0.717) is 0 Å². The third-order valence-corrected chi connectivity index (χ3v) is 14.2. The van der Waals surface area contributed by atoms with Gasteiger partial charge < -0.3 is 0 Å². The molecule has 3 aliphatic carbocycles.